The smallest absolute Gasteiger partial charge is 0.249 e. The molecule has 0 fully saturated rings. The quantitative estimate of drug-likeness (QED) is 0.758. The molecule has 0 aliphatic heterocycles. The fourth-order valence-electron chi connectivity index (χ4n) is 2.24. The molecule has 0 amide bonds. The maximum Gasteiger partial charge on any atom is 0.249 e. The van der Waals surface area contributed by atoms with Crippen molar-refractivity contribution in [3.05, 3.63) is 30.2 Å². The average molecular weight is 273 g/mol. The van der Waals surface area contributed by atoms with E-state index in [1.807, 2.05) is 18.2 Å². The lowest BCUT2D eigenvalue weighted by Crippen LogP contribution is -2.15. The van der Waals surface area contributed by atoms with E-state index < -0.39 is 0 Å². The summed E-state index contributed by atoms with van der Waals surface area (Å²) in [5.74, 6) is 1.16. The van der Waals surface area contributed by atoms with Gasteiger partial charge >= 0.3 is 0 Å². The van der Waals surface area contributed by atoms with Crippen LogP contribution in [0.4, 0.5) is 5.69 Å². The van der Waals surface area contributed by atoms with Crippen molar-refractivity contribution in [3.8, 4) is 11.5 Å². The number of para-hydroxylation sites is 1. The van der Waals surface area contributed by atoms with E-state index in [0.29, 0.717) is 17.8 Å². The van der Waals surface area contributed by atoms with Crippen molar-refractivity contribution in [2.45, 2.75) is 52.5 Å². The molecule has 0 radical (unpaired) electrons. The molecule has 1 aromatic heterocycles. The van der Waals surface area contributed by atoms with Crippen molar-refractivity contribution in [2.24, 2.45) is 0 Å². The minimum Gasteiger partial charge on any atom is -0.421 e. The third kappa shape index (κ3) is 3.83. The topological polar surface area (TPSA) is 51.0 Å². The molecule has 0 bridgehead atoms. The molecule has 20 heavy (non-hydrogen) atoms. The summed E-state index contributed by atoms with van der Waals surface area (Å²) in [5.41, 5.74) is 2.02. The third-order valence-corrected chi connectivity index (χ3v) is 3.33. The lowest BCUT2D eigenvalue weighted by atomic mass is 10.1. The fourth-order valence-corrected chi connectivity index (χ4v) is 2.24. The second-order valence-electron chi connectivity index (χ2n) is 5.21. The van der Waals surface area contributed by atoms with Crippen molar-refractivity contribution in [2.75, 3.05) is 5.32 Å². The highest BCUT2D eigenvalue weighted by Crippen LogP contribution is 2.27. The van der Waals surface area contributed by atoms with E-state index >= 15 is 0 Å². The lowest BCUT2D eigenvalue weighted by molar-refractivity contribution is 0.533. The van der Waals surface area contributed by atoms with E-state index in [0.717, 1.165) is 11.3 Å². The van der Waals surface area contributed by atoms with Gasteiger partial charge in [-0.05, 0) is 25.5 Å². The minimum absolute atomic E-state index is 0.437. The predicted molar refractivity (Wildman–Crippen MR) is 81.7 cm³/mol. The van der Waals surface area contributed by atoms with Gasteiger partial charge in [-0.1, -0.05) is 38.3 Å². The van der Waals surface area contributed by atoms with Crippen LogP contribution in [0.5, 0.6) is 0 Å². The number of rotatable bonds is 7. The van der Waals surface area contributed by atoms with Crippen LogP contribution in [0.2, 0.25) is 0 Å². The zero-order valence-electron chi connectivity index (χ0n) is 12.5. The van der Waals surface area contributed by atoms with Crippen LogP contribution in [0.1, 0.15) is 45.4 Å². The van der Waals surface area contributed by atoms with E-state index in [4.69, 9.17) is 4.42 Å². The lowest BCUT2D eigenvalue weighted by Gasteiger charge is -2.16. The first kappa shape index (κ1) is 14.6. The number of benzene rings is 1. The van der Waals surface area contributed by atoms with Crippen LogP contribution in [0, 0.1) is 6.92 Å². The Morgan fingerprint density at radius 2 is 2.00 bits per heavy atom. The van der Waals surface area contributed by atoms with Crippen molar-refractivity contribution >= 4 is 5.69 Å². The number of unbranched alkanes of at least 4 members (excludes halogenated alkanes) is 2. The summed E-state index contributed by atoms with van der Waals surface area (Å²) in [4.78, 5) is 0. The Labute approximate surface area is 120 Å². The van der Waals surface area contributed by atoms with Crippen molar-refractivity contribution in [1.82, 2.24) is 10.2 Å². The average Bonchev–Trinajstić information content (AvgIpc) is 2.86. The van der Waals surface area contributed by atoms with Crippen LogP contribution in [0.25, 0.3) is 11.5 Å². The highest BCUT2D eigenvalue weighted by Gasteiger charge is 2.12. The van der Waals surface area contributed by atoms with E-state index in [2.05, 4.69) is 35.4 Å². The van der Waals surface area contributed by atoms with Crippen LogP contribution in [-0.4, -0.2) is 16.2 Å². The molecule has 108 valence electrons. The number of anilines is 1. The van der Waals surface area contributed by atoms with Gasteiger partial charge in [-0.3, -0.25) is 0 Å². The standard InChI is InChI=1S/C16H23N3O/c1-4-5-6-9-12(2)17-15-11-8-7-10-14(15)16-19-18-13(3)20-16/h7-8,10-12,17H,4-6,9H2,1-3H3. The molecule has 0 aliphatic rings. The van der Waals surface area contributed by atoms with E-state index in [-0.39, 0.29) is 0 Å². The number of nitrogens with one attached hydrogen (secondary N) is 1. The first-order valence-corrected chi connectivity index (χ1v) is 7.36. The van der Waals surface area contributed by atoms with E-state index in [1.165, 1.54) is 25.7 Å². The van der Waals surface area contributed by atoms with Crippen LogP contribution in [-0.2, 0) is 0 Å². The summed E-state index contributed by atoms with van der Waals surface area (Å²) in [5, 5.41) is 11.6. The normalized spacial score (nSPS) is 12.3. The molecule has 4 heteroatoms. The molecule has 2 aromatic rings. The van der Waals surface area contributed by atoms with Crippen LogP contribution in [0.15, 0.2) is 28.7 Å². The number of aromatic nitrogens is 2. The molecule has 2 rings (SSSR count). The summed E-state index contributed by atoms with van der Waals surface area (Å²) in [6, 6.07) is 8.52. The van der Waals surface area contributed by atoms with Gasteiger partial charge in [-0.2, -0.15) is 0 Å². The molecule has 0 saturated carbocycles. The Morgan fingerprint density at radius 1 is 1.20 bits per heavy atom. The van der Waals surface area contributed by atoms with E-state index in [1.54, 1.807) is 6.92 Å². The largest absolute Gasteiger partial charge is 0.421 e. The van der Waals surface area contributed by atoms with Gasteiger partial charge < -0.3 is 9.73 Å². The second kappa shape index (κ2) is 7.08. The first-order valence-electron chi connectivity index (χ1n) is 7.36. The summed E-state index contributed by atoms with van der Waals surface area (Å²) >= 11 is 0. The predicted octanol–water partition coefficient (Wildman–Crippen LogP) is 4.43. The summed E-state index contributed by atoms with van der Waals surface area (Å²) in [6.45, 7) is 6.25. The number of nitrogens with zero attached hydrogens (tertiary/aromatic N) is 2. The van der Waals surface area contributed by atoms with Crippen LogP contribution >= 0.6 is 0 Å². The van der Waals surface area contributed by atoms with Crippen molar-refractivity contribution < 1.29 is 4.42 Å². The zero-order valence-corrected chi connectivity index (χ0v) is 12.5. The Balaban J connectivity index is 2.08. The highest BCUT2D eigenvalue weighted by atomic mass is 16.4. The number of hydrogen-bond acceptors (Lipinski definition) is 4. The second-order valence-corrected chi connectivity index (χ2v) is 5.21. The SMILES string of the molecule is CCCCCC(C)Nc1ccccc1-c1nnc(C)o1. The maximum atomic E-state index is 5.53. The summed E-state index contributed by atoms with van der Waals surface area (Å²) in [7, 11) is 0. The molecule has 1 atom stereocenters. The maximum absolute atomic E-state index is 5.53. The number of hydrogen-bond donors (Lipinski definition) is 1. The van der Waals surface area contributed by atoms with Gasteiger partial charge in [0.2, 0.25) is 11.8 Å². The fraction of sp³-hybridized carbons (Fsp3) is 0.500. The van der Waals surface area contributed by atoms with Crippen LogP contribution in [0.3, 0.4) is 0 Å². The summed E-state index contributed by atoms with van der Waals surface area (Å²) < 4.78 is 5.53. The highest BCUT2D eigenvalue weighted by molar-refractivity contribution is 5.72. The van der Waals surface area contributed by atoms with Gasteiger partial charge in [-0.25, -0.2) is 0 Å². The molecule has 4 nitrogen and oxygen atoms in total. The molecule has 0 spiro atoms. The first-order chi connectivity index (χ1) is 9.70. The molecule has 1 heterocycles. The monoisotopic (exact) mass is 273 g/mol. The van der Waals surface area contributed by atoms with Gasteiger partial charge in [0.1, 0.15) is 0 Å². The van der Waals surface area contributed by atoms with Gasteiger partial charge in [0.05, 0.1) is 5.56 Å². The number of aryl methyl sites for hydroxylation is 1. The molecular formula is C16H23N3O. The Hall–Kier alpha value is -1.84. The van der Waals surface area contributed by atoms with Crippen LogP contribution < -0.4 is 5.32 Å². The Kier molecular flexibility index (Phi) is 5.16. The molecular weight excluding hydrogens is 250 g/mol. The van der Waals surface area contributed by atoms with Crippen molar-refractivity contribution in [1.29, 1.82) is 0 Å². The van der Waals surface area contributed by atoms with Gasteiger partial charge in [0, 0.05) is 18.7 Å². The zero-order chi connectivity index (χ0) is 14.4. The van der Waals surface area contributed by atoms with Gasteiger partial charge in [-0.15, -0.1) is 10.2 Å². The van der Waals surface area contributed by atoms with Gasteiger partial charge in [0.25, 0.3) is 0 Å². The molecule has 1 unspecified atom stereocenters. The molecule has 0 aliphatic carbocycles. The van der Waals surface area contributed by atoms with Gasteiger partial charge in [0.15, 0.2) is 0 Å². The minimum atomic E-state index is 0.437. The summed E-state index contributed by atoms with van der Waals surface area (Å²) in [6.07, 6.45) is 4.97. The third-order valence-electron chi connectivity index (χ3n) is 3.33. The van der Waals surface area contributed by atoms with E-state index in [9.17, 15) is 0 Å². The Morgan fingerprint density at radius 3 is 2.70 bits per heavy atom. The molecule has 0 saturated heterocycles. The molecule has 1 N–H and O–H groups in total. The van der Waals surface area contributed by atoms with Crippen molar-refractivity contribution in [3.63, 3.8) is 0 Å². The molecule has 1 aromatic carbocycles. The Bertz CT molecular complexity index is 536.